The highest BCUT2D eigenvalue weighted by Crippen LogP contribution is 2.14. The average Bonchev–Trinajstić information content (AvgIpc) is 2.64. The molecule has 5 heteroatoms. The van der Waals surface area contributed by atoms with Crippen molar-refractivity contribution >= 4 is 0 Å². The molecule has 1 aromatic heterocycles. The second-order valence-corrected chi connectivity index (χ2v) is 4.99. The monoisotopic (exact) mass is 238 g/mol. The minimum absolute atomic E-state index is 0.307. The molecule has 1 N–H and O–H groups in total. The number of nitrogens with one attached hydrogen (secondary N) is 1. The molecule has 1 aliphatic heterocycles. The molecule has 0 saturated carbocycles. The zero-order valence-electron chi connectivity index (χ0n) is 10.9. The van der Waals surface area contributed by atoms with Gasteiger partial charge in [-0.3, -0.25) is 4.90 Å². The van der Waals surface area contributed by atoms with Crippen LogP contribution >= 0.6 is 0 Å². The van der Waals surface area contributed by atoms with Gasteiger partial charge in [0.15, 0.2) is 5.82 Å². The lowest BCUT2D eigenvalue weighted by atomic mass is 10.1. The van der Waals surface area contributed by atoms with Crippen LogP contribution in [-0.4, -0.2) is 40.7 Å². The Morgan fingerprint density at radius 3 is 2.71 bits per heavy atom. The van der Waals surface area contributed by atoms with Crippen LogP contribution in [-0.2, 0) is 6.54 Å². The first-order valence-electron chi connectivity index (χ1n) is 6.48. The van der Waals surface area contributed by atoms with Crippen LogP contribution in [0.3, 0.4) is 0 Å². The second kappa shape index (κ2) is 5.60. The molecule has 5 nitrogen and oxygen atoms in total. The Kier molecular flexibility index (Phi) is 4.12. The quantitative estimate of drug-likeness (QED) is 0.811. The fourth-order valence-corrected chi connectivity index (χ4v) is 1.96. The van der Waals surface area contributed by atoms with E-state index in [1.807, 2.05) is 0 Å². The van der Waals surface area contributed by atoms with E-state index < -0.39 is 0 Å². The van der Waals surface area contributed by atoms with Crippen LogP contribution in [0.5, 0.6) is 0 Å². The molecule has 1 saturated heterocycles. The highest BCUT2D eigenvalue weighted by Gasteiger charge is 2.25. The summed E-state index contributed by atoms with van der Waals surface area (Å²) in [5, 5.41) is 7.36. The molecule has 0 aliphatic carbocycles. The van der Waals surface area contributed by atoms with Crippen molar-refractivity contribution in [2.24, 2.45) is 0 Å². The summed E-state index contributed by atoms with van der Waals surface area (Å²) in [4.78, 5) is 6.87. The van der Waals surface area contributed by atoms with Gasteiger partial charge in [0.05, 0.1) is 6.54 Å². The molecule has 0 atom stereocenters. The topological polar surface area (TPSA) is 54.2 Å². The van der Waals surface area contributed by atoms with Crippen LogP contribution in [0.4, 0.5) is 0 Å². The second-order valence-electron chi connectivity index (χ2n) is 4.99. The van der Waals surface area contributed by atoms with E-state index in [1.54, 1.807) is 0 Å². The van der Waals surface area contributed by atoms with Crippen molar-refractivity contribution in [1.29, 1.82) is 0 Å². The number of nitrogens with zero attached hydrogens (tertiary/aromatic N) is 3. The van der Waals surface area contributed by atoms with E-state index in [0.717, 1.165) is 44.3 Å². The van der Waals surface area contributed by atoms with Crippen molar-refractivity contribution in [3.63, 3.8) is 0 Å². The lowest BCUT2D eigenvalue weighted by Gasteiger charge is -2.37. The molecule has 0 unspecified atom stereocenters. The van der Waals surface area contributed by atoms with Crippen LogP contribution in [0, 0.1) is 0 Å². The Morgan fingerprint density at radius 1 is 1.47 bits per heavy atom. The largest absolute Gasteiger partial charge is 0.339 e. The standard InChI is InChI=1S/C12H22N4O/c1-4-5-16(10-6-13-7-10)8-11-14-12(9(2)3)17-15-11/h9-10,13H,4-8H2,1-3H3. The molecule has 1 fully saturated rings. The smallest absolute Gasteiger partial charge is 0.229 e. The predicted molar refractivity (Wildman–Crippen MR) is 65.7 cm³/mol. The molecule has 1 aliphatic rings. The SMILES string of the molecule is CCCN(Cc1noc(C(C)C)n1)C1CNC1. The van der Waals surface area contributed by atoms with E-state index in [0.29, 0.717) is 12.0 Å². The zero-order chi connectivity index (χ0) is 12.3. The fourth-order valence-electron chi connectivity index (χ4n) is 1.96. The van der Waals surface area contributed by atoms with Crippen LogP contribution in [0.15, 0.2) is 4.52 Å². The van der Waals surface area contributed by atoms with Crippen LogP contribution in [0.2, 0.25) is 0 Å². The third kappa shape index (κ3) is 3.04. The van der Waals surface area contributed by atoms with E-state index in [1.165, 1.54) is 0 Å². The lowest BCUT2D eigenvalue weighted by molar-refractivity contribution is 0.133. The molecule has 0 bridgehead atoms. The third-order valence-corrected chi connectivity index (χ3v) is 3.11. The van der Waals surface area contributed by atoms with Crippen molar-refractivity contribution < 1.29 is 4.52 Å². The van der Waals surface area contributed by atoms with E-state index >= 15 is 0 Å². The molecular formula is C12H22N4O. The van der Waals surface area contributed by atoms with Crippen molar-refractivity contribution in [3.05, 3.63) is 11.7 Å². The summed E-state index contributed by atoms with van der Waals surface area (Å²) in [7, 11) is 0. The molecule has 96 valence electrons. The molecule has 0 spiro atoms. The number of rotatable bonds is 6. The summed E-state index contributed by atoms with van der Waals surface area (Å²) in [6.07, 6.45) is 1.16. The third-order valence-electron chi connectivity index (χ3n) is 3.11. The maximum atomic E-state index is 5.23. The van der Waals surface area contributed by atoms with E-state index in [2.05, 4.69) is 41.1 Å². The summed E-state index contributed by atoms with van der Waals surface area (Å²) < 4.78 is 5.23. The highest BCUT2D eigenvalue weighted by molar-refractivity contribution is 4.93. The number of hydrogen-bond acceptors (Lipinski definition) is 5. The van der Waals surface area contributed by atoms with Crippen LogP contribution < -0.4 is 5.32 Å². The Hall–Kier alpha value is -0.940. The Morgan fingerprint density at radius 2 is 2.24 bits per heavy atom. The van der Waals surface area contributed by atoms with Gasteiger partial charge in [0.25, 0.3) is 0 Å². The maximum absolute atomic E-state index is 5.23. The zero-order valence-corrected chi connectivity index (χ0v) is 10.9. The normalized spacial score (nSPS) is 16.8. The van der Waals surface area contributed by atoms with Crippen molar-refractivity contribution in [2.45, 2.75) is 45.7 Å². The first kappa shape index (κ1) is 12.5. The average molecular weight is 238 g/mol. The van der Waals surface area contributed by atoms with Gasteiger partial charge in [-0.15, -0.1) is 0 Å². The van der Waals surface area contributed by atoms with E-state index in [4.69, 9.17) is 4.52 Å². The summed E-state index contributed by atoms with van der Waals surface area (Å²) in [5.41, 5.74) is 0. The van der Waals surface area contributed by atoms with E-state index in [9.17, 15) is 0 Å². The molecule has 2 heterocycles. The highest BCUT2D eigenvalue weighted by atomic mass is 16.5. The summed E-state index contributed by atoms with van der Waals surface area (Å²) in [6, 6.07) is 0.635. The Bertz CT molecular complexity index is 346. The number of aromatic nitrogens is 2. The van der Waals surface area contributed by atoms with Gasteiger partial charge in [-0.2, -0.15) is 4.98 Å². The molecular weight excluding hydrogens is 216 g/mol. The maximum Gasteiger partial charge on any atom is 0.229 e. The first-order chi connectivity index (χ1) is 8.20. The fraction of sp³-hybridized carbons (Fsp3) is 0.833. The lowest BCUT2D eigenvalue weighted by Crippen LogP contribution is -2.57. The van der Waals surface area contributed by atoms with Gasteiger partial charge in [-0.25, -0.2) is 0 Å². The summed E-state index contributed by atoms with van der Waals surface area (Å²) in [6.45, 7) is 10.4. The molecule has 17 heavy (non-hydrogen) atoms. The van der Waals surface area contributed by atoms with Gasteiger partial charge in [0.1, 0.15) is 0 Å². The van der Waals surface area contributed by atoms with E-state index in [-0.39, 0.29) is 0 Å². The Balaban J connectivity index is 1.95. The molecule has 0 aromatic carbocycles. The number of hydrogen-bond donors (Lipinski definition) is 1. The molecule has 0 radical (unpaired) electrons. The summed E-state index contributed by atoms with van der Waals surface area (Å²) in [5.74, 6) is 1.86. The molecule has 2 rings (SSSR count). The van der Waals surface area contributed by atoms with Crippen LogP contribution in [0.25, 0.3) is 0 Å². The van der Waals surface area contributed by atoms with Gasteiger partial charge < -0.3 is 9.84 Å². The van der Waals surface area contributed by atoms with Gasteiger partial charge in [-0.1, -0.05) is 25.9 Å². The van der Waals surface area contributed by atoms with Gasteiger partial charge in [0.2, 0.25) is 5.89 Å². The predicted octanol–water partition coefficient (Wildman–Crippen LogP) is 1.38. The minimum Gasteiger partial charge on any atom is -0.339 e. The molecule has 1 aromatic rings. The van der Waals surface area contributed by atoms with Crippen molar-refractivity contribution in [1.82, 2.24) is 20.4 Å². The van der Waals surface area contributed by atoms with Crippen molar-refractivity contribution in [3.8, 4) is 0 Å². The minimum atomic E-state index is 0.307. The Labute approximate surface area is 103 Å². The van der Waals surface area contributed by atoms with Crippen molar-refractivity contribution in [2.75, 3.05) is 19.6 Å². The van der Waals surface area contributed by atoms with Gasteiger partial charge in [-0.05, 0) is 13.0 Å². The van der Waals surface area contributed by atoms with Gasteiger partial charge in [0, 0.05) is 25.0 Å². The van der Waals surface area contributed by atoms with Gasteiger partial charge >= 0.3 is 0 Å². The first-order valence-corrected chi connectivity index (χ1v) is 6.48. The van der Waals surface area contributed by atoms with Crippen LogP contribution in [0.1, 0.15) is 44.8 Å². The molecule has 0 amide bonds. The summed E-state index contributed by atoms with van der Waals surface area (Å²) >= 11 is 0.